The summed E-state index contributed by atoms with van der Waals surface area (Å²) < 4.78 is 5.17. The van der Waals surface area contributed by atoms with Crippen LogP contribution in [0.3, 0.4) is 0 Å². The highest BCUT2D eigenvalue weighted by Gasteiger charge is 2.12. The van der Waals surface area contributed by atoms with Gasteiger partial charge in [-0.15, -0.1) is 0 Å². The second kappa shape index (κ2) is 4.45. The predicted octanol–water partition coefficient (Wildman–Crippen LogP) is 3.20. The minimum Gasteiger partial charge on any atom is -0.477 e. The van der Waals surface area contributed by atoms with Gasteiger partial charge in [-0.05, 0) is 37.6 Å². The molecule has 100 valence electrons. The summed E-state index contributed by atoms with van der Waals surface area (Å²) in [6, 6.07) is 8.92. The lowest BCUT2D eigenvalue weighted by Gasteiger charge is -2.04. The van der Waals surface area contributed by atoms with Gasteiger partial charge in [0, 0.05) is 10.9 Å². The monoisotopic (exact) mass is 268 g/mol. The number of aromatic nitrogens is 2. The van der Waals surface area contributed by atoms with Gasteiger partial charge in [0.2, 0.25) is 0 Å². The first-order chi connectivity index (χ1) is 9.56. The van der Waals surface area contributed by atoms with E-state index in [9.17, 15) is 4.79 Å². The fraction of sp³-hybridized carbons (Fsp3) is 0.133. The van der Waals surface area contributed by atoms with E-state index in [-0.39, 0.29) is 5.69 Å². The van der Waals surface area contributed by atoms with E-state index in [1.54, 1.807) is 6.07 Å². The molecule has 0 aliphatic rings. The van der Waals surface area contributed by atoms with Crippen molar-refractivity contribution in [2.45, 2.75) is 13.8 Å². The highest BCUT2D eigenvalue weighted by atomic mass is 16.5. The Morgan fingerprint density at radius 2 is 2.00 bits per heavy atom. The lowest BCUT2D eigenvalue weighted by atomic mass is 10.0. The van der Waals surface area contributed by atoms with Crippen molar-refractivity contribution in [3.63, 3.8) is 0 Å². The molecule has 0 saturated carbocycles. The largest absolute Gasteiger partial charge is 0.477 e. The van der Waals surface area contributed by atoms with Crippen molar-refractivity contribution in [3.05, 3.63) is 47.5 Å². The summed E-state index contributed by atoms with van der Waals surface area (Å²) in [5.74, 6) is -0.265. The van der Waals surface area contributed by atoms with Crippen molar-refractivity contribution in [2.75, 3.05) is 0 Å². The molecule has 5 heteroatoms. The van der Waals surface area contributed by atoms with Gasteiger partial charge in [0.1, 0.15) is 11.5 Å². The molecule has 3 aromatic rings. The molecule has 0 spiro atoms. The molecule has 0 aliphatic heterocycles. The van der Waals surface area contributed by atoms with Crippen molar-refractivity contribution in [1.29, 1.82) is 0 Å². The zero-order valence-electron chi connectivity index (χ0n) is 11.0. The van der Waals surface area contributed by atoms with E-state index in [0.717, 1.165) is 28.0 Å². The lowest BCUT2D eigenvalue weighted by Crippen LogP contribution is -1.99. The summed E-state index contributed by atoms with van der Waals surface area (Å²) in [7, 11) is 0. The molecule has 0 bridgehead atoms. The molecule has 0 amide bonds. The number of fused-ring (bicyclic) bond motifs is 1. The summed E-state index contributed by atoms with van der Waals surface area (Å²) in [5.41, 5.74) is 3.48. The summed E-state index contributed by atoms with van der Waals surface area (Å²) in [6.07, 6.45) is 0. The first-order valence-electron chi connectivity index (χ1n) is 6.13. The number of hydrogen-bond acceptors (Lipinski definition) is 4. The molecule has 0 aliphatic carbocycles. The maximum absolute atomic E-state index is 10.9. The molecular formula is C15H12N2O3. The number of carboxylic acid groups (broad SMARTS) is 1. The molecule has 0 atom stereocenters. The van der Waals surface area contributed by atoms with Crippen molar-refractivity contribution in [1.82, 2.24) is 10.1 Å². The number of hydrogen-bond donors (Lipinski definition) is 1. The Morgan fingerprint density at radius 1 is 1.20 bits per heavy atom. The molecule has 20 heavy (non-hydrogen) atoms. The molecule has 0 unspecified atom stereocenters. The second-order valence-electron chi connectivity index (χ2n) is 4.61. The van der Waals surface area contributed by atoms with Gasteiger partial charge < -0.3 is 9.63 Å². The zero-order chi connectivity index (χ0) is 14.3. The fourth-order valence-electron chi connectivity index (χ4n) is 2.30. The molecule has 5 nitrogen and oxygen atoms in total. The van der Waals surface area contributed by atoms with Crippen LogP contribution in [-0.4, -0.2) is 21.2 Å². The lowest BCUT2D eigenvalue weighted by molar-refractivity contribution is 0.0691. The zero-order valence-corrected chi connectivity index (χ0v) is 11.0. The Hall–Kier alpha value is -2.69. The summed E-state index contributed by atoms with van der Waals surface area (Å²) in [4.78, 5) is 15.0. The van der Waals surface area contributed by atoms with Gasteiger partial charge >= 0.3 is 5.97 Å². The number of benzene rings is 1. The van der Waals surface area contributed by atoms with Crippen LogP contribution < -0.4 is 0 Å². The summed E-state index contributed by atoms with van der Waals surface area (Å²) in [6.45, 7) is 3.76. The Labute approximate surface area is 114 Å². The van der Waals surface area contributed by atoms with Gasteiger partial charge in [0.05, 0.1) is 11.2 Å². The van der Waals surface area contributed by atoms with Crippen LogP contribution in [0.15, 0.2) is 34.9 Å². The van der Waals surface area contributed by atoms with E-state index in [1.165, 1.54) is 6.07 Å². The molecule has 0 radical (unpaired) electrons. The molecule has 0 fully saturated rings. The smallest absolute Gasteiger partial charge is 0.354 e. The average Bonchev–Trinajstić information content (AvgIpc) is 2.77. The van der Waals surface area contributed by atoms with Crippen LogP contribution in [0, 0.1) is 13.8 Å². The number of aryl methyl sites for hydroxylation is 2. The van der Waals surface area contributed by atoms with E-state index in [2.05, 4.69) is 10.1 Å². The van der Waals surface area contributed by atoms with Gasteiger partial charge in [0.15, 0.2) is 0 Å². The van der Waals surface area contributed by atoms with Gasteiger partial charge in [-0.2, -0.15) is 0 Å². The van der Waals surface area contributed by atoms with Crippen LogP contribution in [0.2, 0.25) is 0 Å². The van der Waals surface area contributed by atoms with Gasteiger partial charge in [-0.3, -0.25) is 0 Å². The van der Waals surface area contributed by atoms with E-state index in [4.69, 9.17) is 9.63 Å². The summed E-state index contributed by atoms with van der Waals surface area (Å²) >= 11 is 0. The van der Waals surface area contributed by atoms with Crippen LogP contribution >= 0.6 is 0 Å². The average molecular weight is 268 g/mol. The predicted molar refractivity (Wildman–Crippen MR) is 73.7 cm³/mol. The number of carboxylic acids is 1. The molecule has 2 heterocycles. The minimum atomic E-state index is -1.03. The number of aromatic carboxylic acids is 1. The van der Waals surface area contributed by atoms with Crippen molar-refractivity contribution in [2.24, 2.45) is 0 Å². The standard InChI is InChI=1S/C15H12N2O3/c1-8-14(9(2)20-17-8)11-4-5-12-10(7-11)3-6-13(16-12)15(18)19/h3-7H,1-2H3,(H,18,19). The van der Waals surface area contributed by atoms with Gasteiger partial charge in [0.25, 0.3) is 0 Å². The Kier molecular flexibility index (Phi) is 2.75. The van der Waals surface area contributed by atoms with Crippen molar-refractivity contribution < 1.29 is 14.4 Å². The maximum Gasteiger partial charge on any atom is 0.354 e. The SMILES string of the molecule is Cc1noc(C)c1-c1ccc2nc(C(=O)O)ccc2c1. The van der Waals surface area contributed by atoms with Crippen LogP contribution in [0.5, 0.6) is 0 Å². The first-order valence-corrected chi connectivity index (χ1v) is 6.13. The Bertz CT molecular complexity index is 802. The second-order valence-corrected chi connectivity index (χ2v) is 4.61. The number of nitrogens with zero attached hydrogens (tertiary/aromatic N) is 2. The number of carbonyl (C=O) groups is 1. The van der Waals surface area contributed by atoms with Crippen LogP contribution in [0.1, 0.15) is 21.9 Å². The van der Waals surface area contributed by atoms with Crippen molar-refractivity contribution in [3.8, 4) is 11.1 Å². The van der Waals surface area contributed by atoms with Gasteiger partial charge in [-0.1, -0.05) is 17.3 Å². The van der Waals surface area contributed by atoms with Crippen LogP contribution in [0.25, 0.3) is 22.0 Å². The van der Waals surface area contributed by atoms with E-state index in [0.29, 0.717) is 5.52 Å². The van der Waals surface area contributed by atoms with Gasteiger partial charge in [-0.25, -0.2) is 9.78 Å². The van der Waals surface area contributed by atoms with Crippen molar-refractivity contribution >= 4 is 16.9 Å². The van der Waals surface area contributed by atoms with E-state index in [1.807, 2.05) is 32.0 Å². The quantitative estimate of drug-likeness (QED) is 0.772. The maximum atomic E-state index is 10.9. The minimum absolute atomic E-state index is 0.0441. The number of pyridine rings is 1. The topological polar surface area (TPSA) is 76.2 Å². The molecule has 1 N–H and O–H groups in total. The Balaban J connectivity index is 2.17. The molecule has 2 aromatic heterocycles. The highest BCUT2D eigenvalue weighted by Crippen LogP contribution is 2.29. The van der Waals surface area contributed by atoms with Crippen LogP contribution in [0.4, 0.5) is 0 Å². The summed E-state index contributed by atoms with van der Waals surface area (Å²) in [5, 5.41) is 13.8. The number of rotatable bonds is 2. The Morgan fingerprint density at radius 3 is 2.65 bits per heavy atom. The van der Waals surface area contributed by atoms with E-state index < -0.39 is 5.97 Å². The third kappa shape index (κ3) is 1.93. The molecule has 0 saturated heterocycles. The van der Waals surface area contributed by atoms with E-state index >= 15 is 0 Å². The highest BCUT2D eigenvalue weighted by molar-refractivity contribution is 5.91. The first kappa shape index (κ1) is 12.3. The molecule has 3 rings (SSSR count). The fourth-order valence-corrected chi connectivity index (χ4v) is 2.30. The molecular weight excluding hydrogens is 256 g/mol. The third-order valence-corrected chi connectivity index (χ3v) is 3.23. The van der Waals surface area contributed by atoms with Crippen LogP contribution in [-0.2, 0) is 0 Å². The molecule has 1 aromatic carbocycles. The third-order valence-electron chi connectivity index (χ3n) is 3.23. The normalized spacial score (nSPS) is 10.9.